The van der Waals surface area contributed by atoms with Crippen LogP contribution in [0, 0.1) is 6.92 Å². The second-order valence-electron chi connectivity index (χ2n) is 4.10. The predicted molar refractivity (Wildman–Crippen MR) is 68.7 cm³/mol. The van der Waals surface area contributed by atoms with Gasteiger partial charge in [-0.2, -0.15) is 0 Å². The maximum atomic E-state index is 4.36. The van der Waals surface area contributed by atoms with E-state index < -0.39 is 0 Å². The number of nitrogens with zero attached hydrogens (tertiary/aromatic N) is 2. The van der Waals surface area contributed by atoms with Crippen LogP contribution in [0.15, 0.2) is 42.7 Å². The zero-order valence-corrected chi connectivity index (χ0v) is 10.2. The number of hydrogen-bond donors (Lipinski definition) is 1. The number of hydrogen-bond acceptors (Lipinski definition) is 3. The molecule has 0 saturated heterocycles. The number of aromatic nitrogens is 2. The summed E-state index contributed by atoms with van der Waals surface area (Å²) in [6.07, 6.45) is 4.58. The highest BCUT2D eigenvalue weighted by Gasteiger charge is 2.10. The van der Waals surface area contributed by atoms with Gasteiger partial charge in [0.2, 0.25) is 0 Å². The molecule has 88 valence electrons. The van der Waals surface area contributed by atoms with Gasteiger partial charge in [-0.15, -0.1) is 0 Å². The molecule has 1 atom stereocenters. The van der Waals surface area contributed by atoms with Crippen LogP contribution in [0.5, 0.6) is 0 Å². The molecule has 1 unspecified atom stereocenters. The molecule has 0 fully saturated rings. The smallest absolute Gasteiger partial charge is 0.0422 e. The molecule has 0 aromatic carbocycles. The van der Waals surface area contributed by atoms with Crippen molar-refractivity contribution in [2.45, 2.75) is 19.4 Å². The highest BCUT2D eigenvalue weighted by atomic mass is 14.9. The Kier molecular flexibility index (Phi) is 3.83. The van der Waals surface area contributed by atoms with Crippen LogP contribution in [0.1, 0.15) is 23.0 Å². The molecular formula is C14H17N3. The van der Waals surface area contributed by atoms with E-state index in [1.54, 1.807) is 0 Å². The minimum Gasteiger partial charge on any atom is -0.313 e. The van der Waals surface area contributed by atoms with Crippen molar-refractivity contribution < 1.29 is 0 Å². The van der Waals surface area contributed by atoms with Crippen molar-refractivity contribution in [2.24, 2.45) is 0 Å². The van der Waals surface area contributed by atoms with E-state index in [0.29, 0.717) is 0 Å². The quantitative estimate of drug-likeness (QED) is 0.870. The minimum atomic E-state index is 0.284. The Morgan fingerprint density at radius 2 is 2.06 bits per heavy atom. The highest BCUT2D eigenvalue weighted by molar-refractivity contribution is 5.21. The first kappa shape index (κ1) is 11.7. The van der Waals surface area contributed by atoms with Crippen LogP contribution in [-0.4, -0.2) is 17.0 Å². The molecule has 1 N–H and O–H groups in total. The second kappa shape index (κ2) is 5.55. The van der Waals surface area contributed by atoms with E-state index in [0.717, 1.165) is 17.8 Å². The largest absolute Gasteiger partial charge is 0.313 e. The van der Waals surface area contributed by atoms with Crippen molar-refractivity contribution in [1.29, 1.82) is 0 Å². The predicted octanol–water partition coefficient (Wildman–Crippen LogP) is 2.29. The summed E-state index contributed by atoms with van der Waals surface area (Å²) < 4.78 is 0. The van der Waals surface area contributed by atoms with Crippen molar-refractivity contribution in [1.82, 2.24) is 15.3 Å². The van der Waals surface area contributed by atoms with Crippen LogP contribution >= 0.6 is 0 Å². The molecule has 2 rings (SSSR count). The Labute approximate surface area is 102 Å². The Hall–Kier alpha value is -1.74. The fraction of sp³-hybridized carbons (Fsp3) is 0.286. The zero-order valence-electron chi connectivity index (χ0n) is 10.2. The molecular weight excluding hydrogens is 210 g/mol. The van der Waals surface area contributed by atoms with E-state index in [9.17, 15) is 0 Å². The molecule has 0 radical (unpaired) electrons. The van der Waals surface area contributed by atoms with Crippen LogP contribution in [-0.2, 0) is 6.42 Å². The molecule has 3 heteroatoms. The third-order valence-corrected chi connectivity index (χ3v) is 2.81. The normalized spacial score (nSPS) is 12.4. The summed E-state index contributed by atoms with van der Waals surface area (Å²) in [7, 11) is 1.98. The van der Waals surface area contributed by atoms with E-state index >= 15 is 0 Å². The van der Waals surface area contributed by atoms with Gasteiger partial charge in [0.15, 0.2) is 0 Å². The van der Waals surface area contributed by atoms with E-state index in [1.165, 1.54) is 5.56 Å². The topological polar surface area (TPSA) is 37.8 Å². The monoisotopic (exact) mass is 227 g/mol. The lowest BCUT2D eigenvalue weighted by Gasteiger charge is -2.16. The summed E-state index contributed by atoms with van der Waals surface area (Å²) in [5, 5.41) is 3.33. The van der Waals surface area contributed by atoms with Crippen molar-refractivity contribution in [3.63, 3.8) is 0 Å². The average Bonchev–Trinajstić information content (AvgIpc) is 2.37. The van der Waals surface area contributed by atoms with Crippen LogP contribution in [0.2, 0.25) is 0 Å². The van der Waals surface area contributed by atoms with E-state index in [-0.39, 0.29) is 6.04 Å². The van der Waals surface area contributed by atoms with Crippen molar-refractivity contribution >= 4 is 0 Å². The van der Waals surface area contributed by atoms with E-state index in [2.05, 4.69) is 33.5 Å². The summed E-state index contributed by atoms with van der Waals surface area (Å²) in [6, 6.07) is 10.5. The fourth-order valence-electron chi connectivity index (χ4n) is 1.90. The molecule has 2 heterocycles. The summed E-state index contributed by atoms with van der Waals surface area (Å²) in [4.78, 5) is 8.58. The minimum absolute atomic E-state index is 0.284. The first-order chi connectivity index (χ1) is 8.29. The van der Waals surface area contributed by atoms with Gasteiger partial charge in [0.1, 0.15) is 0 Å². The fourth-order valence-corrected chi connectivity index (χ4v) is 1.90. The van der Waals surface area contributed by atoms with Gasteiger partial charge in [-0.1, -0.05) is 6.07 Å². The highest BCUT2D eigenvalue weighted by Crippen LogP contribution is 2.17. The molecule has 0 amide bonds. The molecule has 0 saturated carbocycles. The molecule has 0 spiro atoms. The molecule has 0 aliphatic carbocycles. The Morgan fingerprint density at radius 3 is 2.71 bits per heavy atom. The maximum Gasteiger partial charge on any atom is 0.0422 e. The summed E-state index contributed by atoms with van der Waals surface area (Å²) in [6.45, 7) is 2.01. The number of rotatable bonds is 4. The summed E-state index contributed by atoms with van der Waals surface area (Å²) in [5.41, 5.74) is 3.40. The first-order valence-electron chi connectivity index (χ1n) is 5.79. The van der Waals surface area contributed by atoms with Gasteiger partial charge in [-0.25, -0.2) is 0 Å². The van der Waals surface area contributed by atoms with Crippen molar-refractivity contribution in [2.75, 3.05) is 7.05 Å². The SMILES string of the molecule is CNC(Cc1ccccn1)c1ccnc(C)c1. The molecule has 0 aliphatic rings. The standard InChI is InChI=1S/C14H17N3/c1-11-9-12(6-8-16-11)14(15-2)10-13-5-3-4-7-17-13/h3-9,14-15H,10H2,1-2H3. The Bertz CT molecular complexity index is 468. The molecule has 0 bridgehead atoms. The van der Waals surface area contributed by atoms with Crippen molar-refractivity contribution in [3.8, 4) is 0 Å². The number of nitrogens with one attached hydrogen (secondary N) is 1. The number of likely N-dealkylation sites (N-methyl/N-ethyl adjacent to an activating group) is 1. The van der Waals surface area contributed by atoms with E-state index in [1.807, 2.05) is 38.5 Å². The van der Waals surface area contributed by atoms with Gasteiger partial charge in [-0.3, -0.25) is 9.97 Å². The van der Waals surface area contributed by atoms with Crippen LogP contribution in [0.25, 0.3) is 0 Å². The molecule has 17 heavy (non-hydrogen) atoms. The van der Waals surface area contributed by atoms with Gasteiger partial charge >= 0.3 is 0 Å². The number of aryl methyl sites for hydroxylation is 1. The van der Waals surface area contributed by atoms with Gasteiger partial charge in [0.25, 0.3) is 0 Å². The number of pyridine rings is 2. The second-order valence-corrected chi connectivity index (χ2v) is 4.10. The maximum absolute atomic E-state index is 4.36. The lowest BCUT2D eigenvalue weighted by atomic mass is 10.0. The molecule has 3 nitrogen and oxygen atoms in total. The summed E-state index contributed by atoms with van der Waals surface area (Å²) in [5.74, 6) is 0. The van der Waals surface area contributed by atoms with Gasteiger partial charge < -0.3 is 5.32 Å². The van der Waals surface area contributed by atoms with Gasteiger partial charge in [-0.05, 0) is 43.8 Å². The van der Waals surface area contributed by atoms with Gasteiger partial charge in [0.05, 0.1) is 0 Å². The van der Waals surface area contributed by atoms with Crippen molar-refractivity contribution in [3.05, 3.63) is 59.7 Å². The van der Waals surface area contributed by atoms with Crippen LogP contribution in [0.3, 0.4) is 0 Å². The molecule has 2 aromatic rings. The Morgan fingerprint density at radius 1 is 1.18 bits per heavy atom. The van der Waals surface area contributed by atoms with Crippen LogP contribution < -0.4 is 5.32 Å². The summed E-state index contributed by atoms with van der Waals surface area (Å²) >= 11 is 0. The molecule has 0 aliphatic heterocycles. The Balaban J connectivity index is 2.17. The zero-order chi connectivity index (χ0) is 12.1. The van der Waals surface area contributed by atoms with Crippen LogP contribution in [0.4, 0.5) is 0 Å². The average molecular weight is 227 g/mol. The first-order valence-corrected chi connectivity index (χ1v) is 5.79. The third-order valence-electron chi connectivity index (χ3n) is 2.81. The lowest BCUT2D eigenvalue weighted by molar-refractivity contribution is 0.583. The van der Waals surface area contributed by atoms with Gasteiger partial charge in [0, 0.05) is 36.2 Å². The van der Waals surface area contributed by atoms with E-state index in [4.69, 9.17) is 0 Å². The lowest BCUT2D eigenvalue weighted by Crippen LogP contribution is -2.19. The third kappa shape index (κ3) is 3.11. The molecule has 2 aromatic heterocycles.